The smallest absolute Gasteiger partial charge is 0.279 e. The average molecular weight is 435 g/mol. The van der Waals surface area contributed by atoms with Gasteiger partial charge < -0.3 is 14.0 Å². The second kappa shape index (κ2) is 8.62. The minimum absolute atomic E-state index is 0.263. The average Bonchev–Trinajstić information content (AvgIpc) is 2.98. The number of hydrogen-bond acceptors (Lipinski definition) is 4. The molecule has 0 saturated carbocycles. The van der Waals surface area contributed by atoms with Gasteiger partial charge in [-0.1, -0.05) is 27.3 Å². The Morgan fingerprint density at radius 3 is 2.69 bits per heavy atom. The van der Waals surface area contributed by atoms with Crippen LogP contribution in [0.5, 0.6) is 5.75 Å². The largest absolute Gasteiger partial charge is 0.497 e. The highest BCUT2D eigenvalue weighted by Crippen LogP contribution is 2.23. The SMILES string of the molecule is CCOCCn1c(=NC(=O)c2ccc(Br)cc2)sc2cc(OC)ccc21. The zero-order valence-electron chi connectivity index (χ0n) is 14.6. The van der Waals surface area contributed by atoms with E-state index in [0.717, 1.165) is 20.4 Å². The molecular weight excluding hydrogens is 416 g/mol. The van der Waals surface area contributed by atoms with Gasteiger partial charge in [-0.25, -0.2) is 0 Å². The number of halogens is 1. The molecule has 0 unspecified atom stereocenters. The zero-order valence-corrected chi connectivity index (χ0v) is 17.0. The van der Waals surface area contributed by atoms with Gasteiger partial charge in [-0.05, 0) is 49.4 Å². The monoisotopic (exact) mass is 434 g/mol. The lowest BCUT2D eigenvalue weighted by Gasteiger charge is -2.06. The number of nitrogens with zero attached hydrogens (tertiary/aromatic N) is 2. The maximum Gasteiger partial charge on any atom is 0.279 e. The first-order chi connectivity index (χ1) is 12.6. The maximum absolute atomic E-state index is 12.6. The summed E-state index contributed by atoms with van der Waals surface area (Å²) in [6.45, 7) is 3.81. The molecular formula is C19H19BrN2O3S. The Bertz CT molecular complexity index is 977. The van der Waals surface area contributed by atoms with E-state index in [9.17, 15) is 4.79 Å². The summed E-state index contributed by atoms with van der Waals surface area (Å²) in [5, 5.41) is 0. The van der Waals surface area contributed by atoms with Crippen LogP contribution in [0.25, 0.3) is 10.2 Å². The van der Waals surface area contributed by atoms with Gasteiger partial charge in [0.15, 0.2) is 4.80 Å². The first kappa shape index (κ1) is 18.8. The molecule has 0 saturated heterocycles. The number of carbonyl (C=O) groups excluding carboxylic acids is 1. The summed E-state index contributed by atoms with van der Waals surface area (Å²) in [7, 11) is 1.64. The van der Waals surface area contributed by atoms with Crippen molar-refractivity contribution in [3.05, 3.63) is 57.3 Å². The number of hydrogen-bond donors (Lipinski definition) is 0. The van der Waals surface area contributed by atoms with Crippen molar-refractivity contribution in [1.82, 2.24) is 4.57 Å². The van der Waals surface area contributed by atoms with Crippen LogP contribution in [0.1, 0.15) is 17.3 Å². The van der Waals surface area contributed by atoms with Crippen LogP contribution in [0, 0.1) is 0 Å². The molecule has 3 aromatic rings. The molecule has 0 radical (unpaired) electrons. The lowest BCUT2D eigenvalue weighted by molar-refractivity contribution is 0.0996. The Kier molecular flexibility index (Phi) is 6.24. The van der Waals surface area contributed by atoms with Crippen molar-refractivity contribution < 1.29 is 14.3 Å². The van der Waals surface area contributed by atoms with Crippen molar-refractivity contribution in [2.24, 2.45) is 4.99 Å². The highest BCUT2D eigenvalue weighted by atomic mass is 79.9. The number of ether oxygens (including phenoxy) is 2. The Balaban J connectivity index is 2.05. The third-order valence-corrected chi connectivity index (χ3v) is 5.41. The molecule has 0 aliphatic heterocycles. The summed E-state index contributed by atoms with van der Waals surface area (Å²) >= 11 is 4.84. The van der Waals surface area contributed by atoms with Crippen molar-refractivity contribution >= 4 is 43.4 Å². The number of methoxy groups -OCH3 is 1. The summed E-state index contributed by atoms with van der Waals surface area (Å²) < 4.78 is 14.8. The normalized spacial score (nSPS) is 11.9. The second-order valence-electron chi connectivity index (χ2n) is 5.49. The molecule has 1 aromatic heterocycles. The molecule has 0 aliphatic rings. The van der Waals surface area contributed by atoms with Gasteiger partial charge in [0.25, 0.3) is 5.91 Å². The standard InChI is InChI=1S/C19H19BrN2O3S/c1-3-25-11-10-22-16-9-8-15(24-2)12-17(16)26-19(22)21-18(23)13-4-6-14(20)7-5-13/h4-9,12H,3,10-11H2,1-2H3. The van der Waals surface area contributed by atoms with Gasteiger partial charge in [0.05, 0.1) is 23.9 Å². The summed E-state index contributed by atoms with van der Waals surface area (Å²) in [6, 6.07) is 13.0. The van der Waals surface area contributed by atoms with Crippen LogP contribution in [0.4, 0.5) is 0 Å². The van der Waals surface area contributed by atoms with Crippen LogP contribution in [0.2, 0.25) is 0 Å². The molecule has 5 nitrogen and oxygen atoms in total. The molecule has 1 amide bonds. The summed E-state index contributed by atoms with van der Waals surface area (Å²) in [6.07, 6.45) is 0. The fraction of sp³-hybridized carbons (Fsp3) is 0.263. The predicted molar refractivity (Wildman–Crippen MR) is 107 cm³/mol. The Hall–Kier alpha value is -1.96. The van der Waals surface area contributed by atoms with Crippen molar-refractivity contribution in [3.63, 3.8) is 0 Å². The summed E-state index contributed by atoms with van der Waals surface area (Å²) in [5.74, 6) is 0.516. The molecule has 0 bridgehead atoms. The molecule has 3 rings (SSSR count). The summed E-state index contributed by atoms with van der Waals surface area (Å²) in [4.78, 5) is 17.6. The first-order valence-corrected chi connectivity index (χ1v) is 9.83. The van der Waals surface area contributed by atoms with E-state index in [1.54, 1.807) is 19.2 Å². The first-order valence-electron chi connectivity index (χ1n) is 8.22. The third-order valence-electron chi connectivity index (χ3n) is 3.84. The van der Waals surface area contributed by atoms with Gasteiger partial charge in [0.1, 0.15) is 5.75 Å². The number of aromatic nitrogens is 1. The van der Waals surface area contributed by atoms with Crippen LogP contribution in [0.15, 0.2) is 51.9 Å². The van der Waals surface area contributed by atoms with E-state index < -0.39 is 0 Å². The molecule has 0 spiro atoms. The van der Waals surface area contributed by atoms with E-state index in [1.807, 2.05) is 41.8 Å². The third kappa shape index (κ3) is 4.23. The van der Waals surface area contributed by atoms with Crippen LogP contribution in [0.3, 0.4) is 0 Å². The fourth-order valence-corrected chi connectivity index (χ4v) is 3.87. The molecule has 26 heavy (non-hydrogen) atoms. The van der Waals surface area contributed by atoms with E-state index in [0.29, 0.717) is 30.1 Å². The molecule has 0 fully saturated rings. The van der Waals surface area contributed by atoms with Gasteiger partial charge in [-0.2, -0.15) is 4.99 Å². The minimum atomic E-state index is -0.263. The maximum atomic E-state index is 12.6. The highest BCUT2D eigenvalue weighted by Gasteiger charge is 2.10. The number of thiazole rings is 1. The van der Waals surface area contributed by atoms with Gasteiger partial charge in [-0.15, -0.1) is 0 Å². The minimum Gasteiger partial charge on any atom is -0.497 e. The molecule has 7 heteroatoms. The van der Waals surface area contributed by atoms with Crippen molar-refractivity contribution in [2.75, 3.05) is 20.3 Å². The lowest BCUT2D eigenvalue weighted by Crippen LogP contribution is -2.19. The molecule has 0 N–H and O–H groups in total. The van der Waals surface area contributed by atoms with E-state index in [1.165, 1.54) is 11.3 Å². The van der Waals surface area contributed by atoms with Gasteiger partial charge in [0, 0.05) is 23.2 Å². The lowest BCUT2D eigenvalue weighted by atomic mass is 10.2. The van der Waals surface area contributed by atoms with Crippen LogP contribution in [-0.2, 0) is 11.3 Å². The number of rotatable bonds is 6. The van der Waals surface area contributed by atoms with E-state index in [-0.39, 0.29) is 5.91 Å². The fourth-order valence-electron chi connectivity index (χ4n) is 2.53. The quantitative estimate of drug-likeness (QED) is 0.544. The topological polar surface area (TPSA) is 52.8 Å². The number of amides is 1. The Labute approximate surface area is 164 Å². The van der Waals surface area contributed by atoms with Crippen molar-refractivity contribution in [3.8, 4) is 5.75 Å². The second-order valence-corrected chi connectivity index (χ2v) is 7.42. The van der Waals surface area contributed by atoms with Crippen LogP contribution < -0.4 is 9.54 Å². The number of fused-ring (bicyclic) bond motifs is 1. The van der Waals surface area contributed by atoms with E-state index in [2.05, 4.69) is 20.9 Å². The molecule has 0 atom stereocenters. The molecule has 136 valence electrons. The van der Waals surface area contributed by atoms with Crippen LogP contribution in [-0.4, -0.2) is 30.8 Å². The van der Waals surface area contributed by atoms with E-state index >= 15 is 0 Å². The molecule has 1 heterocycles. The predicted octanol–water partition coefficient (Wildman–Crippen LogP) is 4.25. The number of benzene rings is 2. The highest BCUT2D eigenvalue weighted by molar-refractivity contribution is 9.10. The van der Waals surface area contributed by atoms with Gasteiger partial charge in [0.2, 0.25) is 0 Å². The molecule has 2 aromatic carbocycles. The van der Waals surface area contributed by atoms with Crippen molar-refractivity contribution in [2.45, 2.75) is 13.5 Å². The van der Waals surface area contributed by atoms with Crippen molar-refractivity contribution in [1.29, 1.82) is 0 Å². The van der Waals surface area contributed by atoms with E-state index in [4.69, 9.17) is 9.47 Å². The molecule has 0 aliphatic carbocycles. The van der Waals surface area contributed by atoms with Crippen LogP contribution >= 0.6 is 27.3 Å². The van der Waals surface area contributed by atoms with Gasteiger partial charge >= 0.3 is 0 Å². The van der Waals surface area contributed by atoms with Gasteiger partial charge in [-0.3, -0.25) is 4.79 Å². The summed E-state index contributed by atoms with van der Waals surface area (Å²) in [5.41, 5.74) is 1.57. The Morgan fingerprint density at radius 2 is 2.00 bits per heavy atom. The number of carbonyl (C=O) groups is 1. The Morgan fingerprint density at radius 1 is 1.23 bits per heavy atom. The zero-order chi connectivity index (χ0) is 18.5.